The lowest BCUT2D eigenvalue weighted by Crippen LogP contribution is -2.57. The zero-order chi connectivity index (χ0) is 19.4. The van der Waals surface area contributed by atoms with Gasteiger partial charge in [0.15, 0.2) is 0 Å². The molecule has 0 bridgehead atoms. The zero-order valence-electron chi connectivity index (χ0n) is 14.6. The lowest BCUT2D eigenvalue weighted by atomic mass is 10.0. The first-order chi connectivity index (χ1) is 13.1. The minimum atomic E-state index is -1.22. The van der Waals surface area contributed by atoms with Crippen LogP contribution in [0.4, 0.5) is 0 Å². The van der Waals surface area contributed by atoms with Gasteiger partial charge in [-0.25, -0.2) is 0 Å². The van der Waals surface area contributed by atoms with Gasteiger partial charge in [0.05, 0.1) is 6.07 Å². The van der Waals surface area contributed by atoms with E-state index in [1.165, 1.54) is 11.1 Å². The summed E-state index contributed by atoms with van der Waals surface area (Å²) in [5.41, 5.74) is 1.25. The fourth-order valence-corrected chi connectivity index (χ4v) is 3.00. The van der Waals surface area contributed by atoms with E-state index in [1.54, 1.807) is 67.6 Å². The molecule has 2 atom stereocenters. The van der Waals surface area contributed by atoms with Crippen molar-refractivity contribution in [2.45, 2.75) is 19.1 Å². The van der Waals surface area contributed by atoms with Gasteiger partial charge in [-0.05, 0) is 36.8 Å². The fourth-order valence-electron chi connectivity index (χ4n) is 3.00. The molecule has 0 N–H and O–H groups in total. The molecule has 2 unspecified atom stereocenters. The first-order valence-corrected chi connectivity index (χ1v) is 8.31. The Bertz CT molecular complexity index is 971. The zero-order valence-corrected chi connectivity index (χ0v) is 14.6. The molecule has 0 saturated carbocycles. The molecule has 2 aromatic carbocycles. The molecule has 6 nitrogen and oxygen atoms in total. The average Bonchev–Trinajstić information content (AvgIpc) is 2.73. The van der Waals surface area contributed by atoms with Gasteiger partial charge in [-0.2, -0.15) is 10.5 Å². The minimum absolute atomic E-state index is 0.347. The summed E-state index contributed by atoms with van der Waals surface area (Å²) < 4.78 is 0. The summed E-state index contributed by atoms with van der Waals surface area (Å²) in [7, 11) is 0. The molecule has 0 aliphatic carbocycles. The van der Waals surface area contributed by atoms with Crippen molar-refractivity contribution in [3.8, 4) is 12.1 Å². The normalized spacial score (nSPS) is 18.9. The molecular formula is C21H16N4O2. The number of nitrogens with zero attached hydrogens (tertiary/aromatic N) is 4. The number of carbonyl (C=O) groups is 2. The molecule has 0 saturated heterocycles. The van der Waals surface area contributed by atoms with E-state index < -0.39 is 24.0 Å². The first kappa shape index (κ1) is 17.9. The summed E-state index contributed by atoms with van der Waals surface area (Å²) in [5, 5.41) is 19.3. The topological polar surface area (TPSA) is 88.2 Å². The summed E-state index contributed by atoms with van der Waals surface area (Å²) in [5.74, 6) is -0.893. The molecule has 3 rings (SSSR count). The van der Waals surface area contributed by atoms with Gasteiger partial charge in [-0.3, -0.25) is 19.4 Å². The quantitative estimate of drug-likeness (QED) is 0.827. The van der Waals surface area contributed by atoms with E-state index in [9.17, 15) is 20.1 Å². The monoisotopic (exact) mass is 356 g/mol. The second-order valence-electron chi connectivity index (χ2n) is 6.06. The van der Waals surface area contributed by atoms with Crippen molar-refractivity contribution in [1.29, 1.82) is 10.5 Å². The van der Waals surface area contributed by atoms with Crippen molar-refractivity contribution < 1.29 is 9.59 Å². The second-order valence-corrected chi connectivity index (χ2v) is 6.06. The van der Waals surface area contributed by atoms with Crippen molar-refractivity contribution in [2.75, 3.05) is 0 Å². The maximum Gasteiger partial charge on any atom is 0.260 e. The lowest BCUT2D eigenvalue weighted by molar-refractivity contribution is 0.0421. The van der Waals surface area contributed by atoms with Gasteiger partial charge in [0.25, 0.3) is 11.8 Å². The van der Waals surface area contributed by atoms with Crippen LogP contribution in [0.1, 0.15) is 27.6 Å². The number of hydrogen-bond donors (Lipinski definition) is 0. The third-order valence-corrected chi connectivity index (χ3v) is 4.33. The number of amides is 2. The molecule has 132 valence electrons. The van der Waals surface area contributed by atoms with Gasteiger partial charge >= 0.3 is 0 Å². The first-order valence-electron chi connectivity index (χ1n) is 8.31. The van der Waals surface area contributed by atoms with Crippen LogP contribution in [0.5, 0.6) is 0 Å². The molecular weight excluding hydrogens is 340 g/mol. The third-order valence-electron chi connectivity index (χ3n) is 4.33. The van der Waals surface area contributed by atoms with Crippen molar-refractivity contribution in [3.05, 3.63) is 83.6 Å². The molecule has 2 amide bonds. The van der Waals surface area contributed by atoms with E-state index in [0.29, 0.717) is 16.7 Å². The summed E-state index contributed by atoms with van der Waals surface area (Å²) >= 11 is 0. The number of carbonyl (C=O) groups excluding carboxylic acids is 2. The summed E-state index contributed by atoms with van der Waals surface area (Å²) in [4.78, 5) is 28.3. The minimum Gasteiger partial charge on any atom is -0.285 e. The summed E-state index contributed by atoms with van der Waals surface area (Å²) in [6, 6.07) is 20.1. The Labute approximate surface area is 157 Å². The van der Waals surface area contributed by atoms with Crippen molar-refractivity contribution in [1.82, 2.24) is 9.80 Å². The van der Waals surface area contributed by atoms with Crippen LogP contribution in [-0.2, 0) is 0 Å². The molecule has 1 aliphatic rings. The fraction of sp³-hybridized carbons (Fsp3) is 0.143. The number of benzene rings is 2. The highest BCUT2D eigenvalue weighted by Gasteiger charge is 2.41. The van der Waals surface area contributed by atoms with Gasteiger partial charge in [0.1, 0.15) is 12.1 Å². The van der Waals surface area contributed by atoms with Gasteiger partial charge in [-0.15, -0.1) is 0 Å². The number of hydrogen-bond acceptors (Lipinski definition) is 4. The van der Waals surface area contributed by atoms with Crippen LogP contribution in [0.2, 0.25) is 0 Å². The van der Waals surface area contributed by atoms with Crippen LogP contribution in [0, 0.1) is 22.7 Å². The van der Waals surface area contributed by atoms with Crippen LogP contribution >= 0.6 is 0 Å². The van der Waals surface area contributed by atoms with E-state index >= 15 is 0 Å². The van der Waals surface area contributed by atoms with Crippen LogP contribution in [0.3, 0.4) is 0 Å². The molecule has 0 aromatic heterocycles. The molecule has 0 fully saturated rings. The van der Waals surface area contributed by atoms with Crippen molar-refractivity contribution in [3.63, 3.8) is 0 Å². The van der Waals surface area contributed by atoms with E-state index in [0.717, 1.165) is 4.90 Å². The highest BCUT2D eigenvalue weighted by molar-refractivity contribution is 5.98. The standard InChI is InChI=1S/C21H16N4O2/c1-15-14-24(20(26)16-8-4-2-5-9-16)19(13-23)25(18(15)12-22)21(27)17-10-6-3-7-11-17/h2-11,14,18-19H,1H3. The van der Waals surface area contributed by atoms with Gasteiger partial charge in [-0.1, -0.05) is 36.4 Å². The molecule has 27 heavy (non-hydrogen) atoms. The van der Waals surface area contributed by atoms with Gasteiger partial charge in [0, 0.05) is 17.3 Å². The Hall–Kier alpha value is -3.90. The predicted octanol–water partition coefficient (Wildman–Crippen LogP) is 2.93. The Morgan fingerprint density at radius 3 is 1.85 bits per heavy atom. The van der Waals surface area contributed by atoms with Crippen LogP contribution in [0.15, 0.2) is 72.4 Å². The molecule has 6 heteroatoms. The Balaban J connectivity index is 2.06. The van der Waals surface area contributed by atoms with E-state index in [4.69, 9.17) is 0 Å². The van der Waals surface area contributed by atoms with Crippen LogP contribution in [-0.4, -0.2) is 33.8 Å². The van der Waals surface area contributed by atoms with Crippen LogP contribution in [0.25, 0.3) is 0 Å². The smallest absolute Gasteiger partial charge is 0.260 e. The van der Waals surface area contributed by atoms with E-state index in [1.807, 2.05) is 6.07 Å². The SMILES string of the molecule is CC1=CN(C(=O)c2ccccc2)C(C#N)N(C(=O)c2ccccc2)C1C#N. The van der Waals surface area contributed by atoms with E-state index in [-0.39, 0.29) is 0 Å². The number of nitriles is 2. The van der Waals surface area contributed by atoms with Gasteiger partial charge in [0.2, 0.25) is 6.17 Å². The Morgan fingerprint density at radius 2 is 1.37 bits per heavy atom. The predicted molar refractivity (Wildman–Crippen MR) is 97.8 cm³/mol. The lowest BCUT2D eigenvalue weighted by Gasteiger charge is -2.41. The summed E-state index contributed by atoms with van der Waals surface area (Å²) in [6.45, 7) is 1.66. The third kappa shape index (κ3) is 3.29. The maximum absolute atomic E-state index is 13.0. The molecule has 0 spiro atoms. The van der Waals surface area contributed by atoms with Crippen molar-refractivity contribution >= 4 is 11.8 Å². The molecule has 1 heterocycles. The van der Waals surface area contributed by atoms with E-state index in [2.05, 4.69) is 6.07 Å². The highest BCUT2D eigenvalue weighted by Crippen LogP contribution is 2.26. The number of rotatable bonds is 2. The maximum atomic E-state index is 13.0. The Kier molecular flexibility index (Phi) is 5.01. The highest BCUT2D eigenvalue weighted by atomic mass is 16.2. The van der Waals surface area contributed by atoms with Crippen LogP contribution < -0.4 is 0 Å². The molecule has 2 aromatic rings. The van der Waals surface area contributed by atoms with Crippen molar-refractivity contribution in [2.24, 2.45) is 0 Å². The second kappa shape index (κ2) is 7.55. The molecule has 1 aliphatic heterocycles. The largest absolute Gasteiger partial charge is 0.285 e. The average molecular weight is 356 g/mol. The summed E-state index contributed by atoms with van der Waals surface area (Å²) in [6.07, 6.45) is 0.255. The Morgan fingerprint density at radius 1 is 0.852 bits per heavy atom. The molecule has 0 radical (unpaired) electrons. The van der Waals surface area contributed by atoms with Gasteiger partial charge < -0.3 is 0 Å².